The first-order valence-electron chi connectivity index (χ1n) is 8.25. The molecule has 0 fully saturated rings. The molecule has 4 nitrogen and oxygen atoms in total. The molecule has 0 aliphatic carbocycles. The average Bonchev–Trinajstić information content (AvgIpc) is 2.86. The van der Waals surface area contributed by atoms with Crippen LogP contribution in [0.25, 0.3) is 0 Å². The van der Waals surface area contributed by atoms with Crippen molar-refractivity contribution in [3.05, 3.63) is 82.1 Å². The van der Waals surface area contributed by atoms with Crippen molar-refractivity contribution in [2.24, 2.45) is 7.05 Å². The minimum Gasteiger partial charge on any atom is -0.315 e. The zero-order chi connectivity index (χ0) is 17.8. The maximum atomic E-state index is 13.0. The Kier molecular flexibility index (Phi) is 5.40. The van der Waals surface area contributed by atoms with Crippen LogP contribution in [0, 0.1) is 10.6 Å². The van der Waals surface area contributed by atoms with Gasteiger partial charge in [-0.3, -0.25) is 0 Å². The summed E-state index contributed by atoms with van der Waals surface area (Å²) in [5, 5.41) is 4.69. The van der Waals surface area contributed by atoms with Crippen molar-refractivity contribution < 1.29 is 9.29 Å². The monoisotopic (exact) mass is 357 g/mol. The summed E-state index contributed by atoms with van der Waals surface area (Å²) in [4.78, 5) is 1.23. The first-order valence-corrected chi connectivity index (χ1v) is 8.66. The van der Waals surface area contributed by atoms with E-state index < -0.39 is 0 Å². The predicted molar refractivity (Wildman–Crippen MR) is 98.3 cm³/mol. The highest BCUT2D eigenvalue weighted by Gasteiger charge is 2.12. The number of benzene rings is 2. The van der Waals surface area contributed by atoms with Crippen molar-refractivity contribution in [3.8, 4) is 0 Å². The van der Waals surface area contributed by atoms with Gasteiger partial charge in [0, 0.05) is 19.0 Å². The van der Waals surface area contributed by atoms with Crippen LogP contribution in [0.15, 0.2) is 54.6 Å². The fourth-order valence-electron chi connectivity index (χ4n) is 2.83. The van der Waals surface area contributed by atoms with E-state index in [1.54, 1.807) is 0 Å². The normalized spacial score (nSPS) is 12.3. The van der Waals surface area contributed by atoms with Crippen LogP contribution >= 0.6 is 12.2 Å². The van der Waals surface area contributed by atoms with Crippen molar-refractivity contribution >= 4 is 12.2 Å². The van der Waals surface area contributed by atoms with E-state index >= 15 is 0 Å². The van der Waals surface area contributed by atoms with E-state index in [0.717, 1.165) is 24.4 Å². The summed E-state index contributed by atoms with van der Waals surface area (Å²) in [6.45, 7) is 1.45. The molecule has 3 rings (SSSR count). The molecule has 0 saturated heterocycles. The molecule has 3 aromatic rings. The van der Waals surface area contributed by atoms with Crippen LogP contribution in [-0.4, -0.2) is 21.4 Å². The zero-order valence-electron chi connectivity index (χ0n) is 14.4. The molecule has 6 heteroatoms. The second-order valence-corrected chi connectivity index (χ2v) is 6.70. The van der Waals surface area contributed by atoms with E-state index in [0.29, 0.717) is 11.4 Å². The Balaban J connectivity index is 1.71. The van der Waals surface area contributed by atoms with Gasteiger partial charge in [0.05, 0.1) is 7.05 Å². The minimum absolute atomic E-state index is 0.209. The Labute approximate surface area is 152 Å². The summed E-state index contributed by atoms with van der Waals surface area (Å²) < 4.78 is 17.6. The third-order valence-corrected chi connectivity index (χ3v) is 4.66. The van der Waals surface area contributed by atoms with Gasteiger partial charge in [0.25, 0.3) is 0 Å². The molecular formula is C19H22FN4S+. The Morgan fingerprint density at radius 2 is 1.72 bits per heavy atom. The van der Waals surface area contributed by atoms with Crippen LogP contribution in [0.5, 0.6) is 0 Å². The number of quaternary nitrogens is 1. The molecule has 0 spiro atoms. The Morgan fingerprint density at radius 3 is 2.40 bits per heavy atom. The SMILES string of the molecule is Cn1c(Cc2ccccc2)nn(C[NH+](C)Cc2ccc(F)cc2)c1=S. The lowest BCUT2D eigenvalue weighted by Gasteiger charge is -2.13. The number of rotatable bonds is 6. The fourth-order valence-corrected chi connectivity index (χ4v) is 3.04. The first-order chi connectivity index (χ1) is 12.0. The molecule has 1 aromatic heterocycles. The molecule has 0 amide bonds. The molecule has 0 bridgehead atoms. The highest BCUT2D eigenvalue weighted by molar-refractivity contribution is 7.71. The Bertz CT molecular complexity index is 884. The third kappa shape index (κ3) is 4.41. The van der Waals surface area contributed by atoms with Crippen LogP contribution < -0.4 is 4.90 Å². The van der Waals surface area contributed by atoms with Crippen molar-refractivity contribution in [2.75, 3.05) is 7.05 Å². The van der Waals surface area contributed by atoms with Crippen molar-refractivity contribution in [2.45, 2.75) is 19.6 Å². The molecule has 0 aliphatic rings. The summed E-state index contributed by atoms with van der Waals surface area (Å²) >= 11 is 5.53. The number of hydrogen-bond acceptors (Lipinski definition) is 2. The fraction of sp³-hybridized carbons (Fsp3) is 0.263. The van der Waals surface area contributed by atoms with E-state index in [9.17, 15) is 4.39 Å². The van der Waals surface area contributed by atoms with Gasteiger partial charge in [-0.1, -0.05) is 42.5 Å². The lowest BCUT2D eigenvalue weighted by atomic mass is 10.1. The van der Waals surface area contributed by atoms with Gasteiger partial charge < -0.3 is 9.47 Å². The molecule has 2 aromatic carbocycles. The van der Waals surface area contributed by atoms with E-state index in [4.69, 9.17) is 17.3 Å². The molecule has 1 unspecified atom stereocenters. The maximum Gasteiger partial charge on any atom is 0.202 e. The average molecular weight is 357 g/mol. The second kappa shape index (κ2) is 7.72. The standard InChI is InChI=1S/C19H21FN4S/c1-22(13-16-8-10-17(20)11-9-16)14-24-19(25)23(2)18(21-24)12-15-6-4-3-5-7-15/h3-11H,12-14H2,1-2H3/p+1. The van der Waals surface area contributed by atoms with Gasteiger partial charge in [0.15, 0.2) is 6.67 Å². The second-order valence-electron chi connectivity index (χ2n) is 6.34. The topological polar surface area (TPSA) is 27.2 Å². The van der Waals surface area contributed by atoms with Gasteiger partial charge >= 0.3 is 0 Å². The summed E-state index contributed by atoms with van der Waals surface area (Å²) in [6.07, 6.45) is 0.755. The predicted octanol–water partition coefficient (Wildman–Crippen LogP) is 2.35. The lowest BCUT2D eigenvalue weighted by Crippen LogP contribution is -3.07. The van der Waals surface area contributed by atoms with Crippen molar-refractivity contribution in [3.63, 3.8) is 0 Å². The summed E-state index contributed by atoms with van der Waals surface area (Å²) in [5.41, 5.74) is 2.30. The zero-order valence-corrected chi connectivity index (χ0v) is 15.3. The van der Waals surface area contributed by atoms with Gasteiger partial charge in [-0.25, -0.2) is 4.39 Å². The molecule has 1 heterocycles. The van der Waals surface area contributed by atoms with Crippen molar-refractivity contribution in [1.29, 1.82) is 0 Å². The maximum absolute atomic E-state index is 13.0. The molecule has 130 valence electrons. The van der Waals surface area contributed by atoms with Gasteiger partial charge in [-0.2, -0.15) is 9.78 Å². The highest BCUT2D eigenvalue weighted by atomic mass is 32.1. The summed E-state index contributed by atoms with van der Waals surface area (Å²) in [7, 11) is 4.04. The van der Waals surface area contributed by atoms with Crippen LogP contribution in [0.3, 0.4) is 0 Å². The van der Waals surface area contributed by atoms with Crippen LogP contribution in [0.1, 0.15) is 17.0 Å². The smallest absolute Gasteiger partial charge is 0.202 e. The summed E-state index contributed by atoms with van der Waals surface area (Å²) in [5.74, 6) is 0.740. The van der Waals surface area contributed by atoms with Gasteiger partial charge in [-0.15, -0.1) is 0 Å². The quantitative estimate of drug-likeness (QED) is 0.686. The van der Waals surface area contributed by atoms with Gasteiger partial charge in [-0.05, 0) is 29.9 Å². The molecule has 0 saturated carbocycles. The largest absolute Gasteiger partial charge is 0.315 e. The van der Waals surface area contributed by atoms with Crippen LogP contribution in [0.4, 0.5) is 4.39 Å². The van der Waals surface area contributed by atoms with Gasteiger partial charge in [0.1, 0.15) is 18.2 Å². The molecule has 1 atom stereocenters. The molecule has 0 radical (unpaired) electrons. The first kappa shape index (κ1) is 17.5. The highest BCUT2D eigenvalue weighted by Crippen LogP contribution is 2.07. The Hall–Kier alpha value is -2.31. The van der Waals surface area contributed by atoms with E-state index in [1.165, 1.54) is 22.6 Å². The minimum atomic E-state index is -0.209. The number of hydrogen-bond donors (Lipinski definition) is 1. The molecule has 25 heavy (non-hydrogen) atoms. The number of nitrogens with zero attached hydrogens (tertiary/aromatic N) is 3. The summed E-state index contributed by atoms with van der Waals surface area (Å²) in [6, 6.07) is 16.9. The van der Waals surface area contributed by atoms with E-state index in [1.807, 2.05) is 46.6 Å². The molecule has 1 N–H and O–H groups in total. The lowest BCUT2D eigenvalue weighted by molar-refractivity contribution is -0.917. The molecular weight excluding hydrogens is 335 g/mol. The van der Waals surface area contributed by atoms with Crippen molar-refractivity contribution in [1.82, 2.24) is 14.3 Å². The van der Waals surface area contributed by atoms with E-state index in [-0.39, 0.29) is 5.82 Å². The number of aromatic nitrogens is 3. The van der Waals surface area contributed by atoms with Crippen LogP contribution in [-0.2, 0) is 26.7 Å². The van der Waals surface area contributed by atoms with Crippen LogP contribution in [0.2, 0.25) is 0 Å². The Morgan fingerprint density at radius 1 is 1.04 bits per heavy atom. The van der Waals surface area contributed by atoms with Gasteiger partial charge in [0.2, 0.25) is 4.77 Å². The third-order valence-electron chi connectivity index (χ3n) is 4.17. The number of halogens is 1. The molecule has 0 aliphatic heterocycles. The number of nitrogens with one attached hydrogen (secondary N) is 1. The van der Waals surface area contributed by atoms with E-state index in [2.05, 4.69) is 19.2 Å².